The minimum absolute atomic E-state index is 0.0338. The second-order valence-corrected chi connectivity index (χ2v) is 7.45. The van der Waals surface area contributed by atoms with Gasteiger partial charge in [0.2, 0.25) is 5.91 Å². The highest BCUT2D eigenvalue weighted by atomic mass is 16.6. The largest absolute Gasteiger partial charge is 0.493 e. The number of hydrogen-bond acceptors (Lipinski definition) is 6. The lowest BCUT2D eigenvalue weighted by molar-refractivity contribution is -0.136. The Kier molecular flexibility index (Phi) is 5.24. The third kappa shape index (κ3) is 3.70. The van der Waals surface area contributed by atoms with Gasteiger partial charge in [-0.15, -0.1) is 0 Å². The molecule has 0 saturated carbocycles. The summed E-state index contributed by atoms with van der Waals surface area (Å²) in [5, 5.41) is 3.02. The minimum atomic E-state index is -0.569. The summed E-state index contributed by atoms with van der Waals surface area (Å²) in [4.78, 5) is 15.2. The van der Waals surface area contributed by atoms with Crippen LogP contribution in [0, 0.1) is 0 Å². The summed E-state index contributed by atoms with van der Waals surface area (Å²) >= 11 is 0. The zero-order valence-electron chi connectivity index (χ0n) is 17.0. The fraction of sp³-hybridized carbons (Fsp3) is 0.409. The van der Waals surface area contributed by atoms with E-state index < -0.39 is 5.54 Å². The van der Waals surface area contributed by atoms with E-state index in [1.54, 1.807) is 26.4 Å². The number of likely N-dealkylation sites (tertiary alicyclic amines) is 1. The summed E-state index contributed by atoms with van der Waals surface area (Å²) in [6.45, 7) is 4.65. The molecule has 7 heteroatoms. The quantitative estimate of drug-likeness (QED) is 0.807. The number of rotatable bonds is 6. The number of anilines is 1. The molecule has 2 aliphatic rings. The third-order valence-electron chi connectivity index (χ3n) is 5.68. The molecule has 29 heavy (non-hydrogen) atoms. The van der Waals surface area contributed by atoms with Crippen molar-refractivity contribution < 1.29 is 23.7 Å². The summed E-state index contributed by atoms with van der Waals surface area (Å²) in [5.41, 5.74) is 1.21. The Balaban J connectivity index is 1.45. The number of nitrogens with one attached hydrogen (secondary N) is 1. The molecule has 1 fully saturated rings. The summed E-state index contributed by atoms with van der Waals surface area (Å²) in [7, 11) is 3.16. The second kappa shape index (κ2) is 7.83. The lowest BCUT2D eigenvalue weighted by atomic mass is 9.85. The van der Waals surface area contributed by atoms with Crippen molar-refractivity contribution >= 4 is 11.6 Å². The maximum absolute atomic E-state index is 13.0. The predicted molar refractivity (Wildman–Crippen MR) is 109 cm³/mol. The molecule has 2 aromatic carbocycles. The summed E-state index contributed by atoms with van der Waals surface area (Å²) in [5.74, 6) is 2.72. The Morgan fingerprint density at radius 3 is 2.52 bits per heavy atom. The van der Waals surface area contributed by atoms with Crippen LogP contribution in [0.25, 0.3) is 0 Å². The van der Waals surface area contributed by atoms with E-state index in [1.165, 1.54) is 0 Å². The monoisotopic (exact) mass is 398 g/mol. The van der Waals surface area contributed by atoms with Crippen molar-refractivity contribution in [3.63, 3.8) is 0 Å². The Morgan fingerprint density at radius 1 is 1.07 bits per heavy atom. The van der Waals surface area contributed by atoms with Crippen molar-refractivity contribution in [3.05, 3.63) is 42.0 Å². The van der Waals surface area contributed by atoms with Gasteiger partial charge in [0.15, 0.2) is 23.0 Å². The average Bonchev–Trinajstić information content (AvgIpc) is 2.75. The van der Waals surface area contributed by atoms with Gasteiger partial charge in [0.25, 0.3) is 0 Å². The van der Waals surface area contributed by atoms with E-state index in [0.29, 0.717) is 36.9 Å². The molecule has 1 saturated heterocycles. The first-order valence-electron chi connectivity index (χ1n) is 9.70. The smallest absolute Gasteiger partial charge is 0.244 e. The van der Waals surface area contributed by atoms with Crippen LogP contribution in [0.2, 0.25) is 0 Å². The van der Waals surface area contributed by atoms with E-state index in [0.717, 1.165) is 30.0 Å². The number of hydrogen-bond donors (Lipinski definition) is 1. The molecule has 1 N–H and O–H groups in total. The van der Waals surface area contributed by atoms with E-state index in [2.05, 4.69) is 10.2 Å². The molecule has 2 heterocycles. The molecular formula is C22H26N2O5. The Labute approximate surface area is 170 Å². The second-order valence-electron chi connectivity index (χ2n) is 7.45. The standard InChI is InChI=1S/C22H26N2O5/c1-22(21(25)23-16-5-7-17(26-2)19(13-16)27-3)8-9-24(22)14-15-4-6-18-20(12-15)29-11-10-28-18/h4-7,12-13H,8-11,14H2,1-3H3,(H,23,25). The van der Waals surface area contributed by atoms with Crippen molar-refractivity contribution in [3.8, 4) is 23.0 Å². The molecule has 7 nitrogen and oxygen atoms in total. The predicted octanol–water partition coefficient (Wildman–Crippen LogP) is 3.08. The van der Waals surface area contributed by atoms with Crippen LogP contribution < -0.4 is 24.3 Å². The SMILES string of the molecule is COc1ccc(NC(=O)C2(C)CCN2Cc2ccc3c(c2)OCCO3)cc1OC. The molecule has 1 atom stereocenters. The molecule has 2 aromatic rings. The van der Waals surface area contributed by atoms with Crippen LogP contribution in [0.1, 0.15) is 18.9 Å². The summed E-state index contributed by atoms with van der Waals surface area (Å²) < 4.78 is 21.8. The molecule has 4 rings (SSSR count). The number of fused-ring (bicyclic) bond motifs is 1. The van der Waals surface area contributed by atoms with Crippen LogP contribution in [0.15, 0.2) is 36.4 Å². The Hall–Kier alpha value is -2.93. The first kappa shape index (κ1) is 19.4. The van der Waals surface area contributed by atoms with E-state index in [9.17, 15) is 4.79 Å². The minimum Gasteiger partial charge on any atom is -0.493 e. The van der Waals surface area contributed by atoms with Gasteiger partial charge in [-0.1, -0.05) is 6.07 Å². The highest BCUT2D eigenvalue weighted by Crippen LogP contribution is 2.37. The van der Waals surface area contributed by atoms with E-state index in [1.807, 2.05) is 31.2 Å². The zero-order valence-corrected chi connectivity index (χ0v) is 17.0. The molecule has 1 unspecified atom stereocenters. The molecule has 154 valence electrons. The van der Waals surface area contributed by atoms with E-state index >= 15 is 0 Å². The number of ether oxygens (including phenoxy) is 4. The van der Waals surface area contributed by atoms with Crippen molar-refractivity contribution in [2.24, 2.45) is 0 Å². The molecular weight excluding hydrogens is 372 g/mol. The van der Waals surface area contributed by atoms with Crippen LogP contribution in [0.4, 0.5) is 5.69 Å². The fourth-order valence-electron chi connectivity index (χ4n) is 3.70. The number of methoxy groups -OCH3 is 2. The normalized spacial score (nSPS) is 20.5. The van der Waals surface area contributed by atoms with Crippen LogP contribution in [0.3, 0.4) is 0 Å². The van der Waals surface area contributed by atoms with Gasteiger partial charge >= 0.3 is 0 Å². The highest BCUT2D eigenvalue weighted by molar-refractivity contribution is 5.98. The molecule has 1 amide bonds. The van der Waals surface area contributed by atoms with Crippen LogP contribution in [0.5, 0.6) is 23.0 Å². The van der Waals surface area contributed by atoms with Gasteiger partial charge in [-0.25, -0.2) is 0 Å². The van der Waals surface area contributed by atoms with Gasteiger partial charge in [0.1, 0.15) is 13.2 Å². The lowest BCUT2D eigenvalue weighted by Crippen LogP contribution is -2.63. The fourth-order valence-corrected chi connectivity index (χ4v) is 3.70. The maximum Gasteiger partial charge on any atom is 0.244 e. The van der Waals surface area contributed by atoms with Crippen LogP contribution in [-0.4, -0.2) is 50.3 Å². The highest BCUT2D eigenvalue weighted by Gasteiger charge is 2.46. The number of carbonyl (C=O) groups excluding carboxylic acids is 1. The number of amides is 1. The van der Waals surface area contributed by atoms with E-state index in [-0.39, 0.29) is 5.91 Å². The van der Waals surface area contributed by atoms with Gasteiger partial charge in [0.05, 0.1) is 19.8 Å². The van der Waals surface area contributed by atoms with Crippen LogP contribution in [-0.2, 0) is 11.3 Å². The number of carbonyl (C=O) groups is 1. The summed E-state index contributed by atoms with van der Waals surface area (Å²) in [6, 6.07) is 11.3. The molecule has 0 radical (unpaired) electrons. The van der Waals surface area contributed by atoms with Crippen molar-refractivity contribution in [2.45, 2.75) is 25.4 Å². The molecule has 0 bridgehead atoms. The number of benzene rings is 2. The average molecular weight is 398 g/mol. The van der Waals surface area contributed by atoms with Gasteiger partial charge in [-0.3, -0.25) is 9.69 Å². The zero-order chi connectivity index (χ0) is 20.4. The van der Waals surface area contributed by atoms with Crippen LogP contribution >= 0.6 is 0 Å². The molecule has 2 aliphatic heterocycles. The van der Waals surface area contributed by atoms with E-state index in [4.69, 9.17) is 18.9 Å². The van der Waals surface area contributed by atoms with Gasteiger partial charge in [0, 0.05) is 24.8 Å². The van der Waals surface area contributed by atoms with Crippen molar-refractivity contribution in [2.75, 3.05) is 39.3 Å². The van der Waals surface area contributed by atoms with Gasteiger partial charge in [-0.2, -0.15) is 0 Å². The molecule has 0 aromatic heterocycles. The van der Waals surface area contributed by atoms with Gasteiger partial charge < -0.3 is 24.3 Å². The lowest BCUT2D eigenvalue weighted by Gasteiger charge is -2.49. The molecule has 0 aliphatic carbocycles. The first-order chi connectivity index (χ1) is 14.0. The van der Waals surface area contributed by atoms with Gasteiger partial charge in [-0.05, 0) is 43.2 Å². The first-order valence-corrected chi connectivity index (χ1v) is 9.70. The van der Waals surface area contributed by atoms with Crippen molar-refractivity contribution in [1.29, 1.82) is 0 Å². The number of nitrogens with zero attached hydrogens (tertiary/aromatic N) is 1. The molecule has 0 spiro atoms. The topological polar surface area (TPSA) is 69.3 Å². The maximum atomic E-state index is 13.0. The van der Waals surface area contributed by atoms with Crippen molar-refractivity contribution in [1.82, 2.24) is 4.90 Å². The Morgan fingerprint density at radius 2 is 1.83 bits per heavy atom. The Bertz CT molecular complexity index is 916. The third-order valence-corrected chi connectivity index (χ3v) is 5.68. The summed E-state index contributed by atoms with van der Waals surface area (Å²) in [6.07, 6.45) is 0.802.